The van der Waals surface area contributed by atoms with Crippen molar-refractivity contribution in [2.45, 2.75) is 25.5 Å². The Morgan fingerprint density at radius 1 is 0.903 bits per heavy atom. The summed E-state index contributed by atoms with van der Waals surface area (Å²) in [5.41, 5.74) is 8.80. The van der Waals surface area contributed by atoms with E-state index in [1.807, 2.05) is 72.8 Å². The fourth-order valence-corrected chi connectivity index (χ4v) is 3.80. The lowest BCUT2D eigenvalue weighted by atomic mass is 10.1. The lowest BCUT2D eigenvalue weighted by Crippen LogP contribution is -2.46. The molecule has 2 N–H and O–H groups in total. The van der Waals surface area contributed by atoms with Gasteiger partial charge in [0.2, 0.25) is 0 Å². The molecule has 6 heteroatoms. The van der Waals surface area contributed by atoms with Gasteiger partial charge in [-0.15, -0.1) is 0 Å². The molecule has 1 aliphatic rings. The third-order valence-corrected chi connectivity index (χ3v) is 5.36. The standard InChI is InChI=1S/C25H25N3O3/c26-20-13-15-22(16-14-20)28(21-10-5-2-6-11-21)24(29)23-12-7-17-27(23)25(30)31-18-19-8-3-1-4-9-19/h1-6,8-11,13-16,23H,7,12,17-18,26H2. The van der Waals surface area contributed by atoms with Crippen LogP contribution in [0, 0.1) is 0 Å². The Balaban J connectivity index is 1.55. The molecule has 4 rings (SSSR count). The number of anilines is 3. The topological polar surface area (TPSA) is 75.9 Å². The summed E-state index contributed by atoms with van der Waals surface area (Å²) in [4.78, 5) is 29.6. The molecule has 6 nitrogen and oxygen atoms in total. The molecule has 1 saturated heterocycles. The average Bonchev–Trinajstić information content (AvgIpc) is 3.30. The van der Waals surface area contributed by atoms with Gasteiger partial charge in [0.05, 0.1) is 0 Å². The summed E-state index contributed by atoms with van der Waals surface area (Å²) in [5, 5.41) is 0. The fourth-order valence-electron chi connectivity index (χ4n) is 3.80. The van der Waals surface area contributed by atoms with E-state index in [9.17, 15) is 9.59 Å². The molecule has 1 unspecified atom stereocenters. The number of carbonyl (C=O) groups is 2. The number of nitrogens with two attached hydrogens (primary N) is 1. The maximum absolute atomic E-state index is 13.7. The molecule has 2 amide bonds. The molecule has 1 heterocycles. The van der Waals surface area contributed by atoms with Gasteiger partial charge < -0.3 is 10.5 Å². The van der Waals surface area contributed by atoms with Crippen molar-refractivity contribution < 1.29 is 14.3 Å². The highest BCUT2D eigenvalue weighted by molar-refractivity contribution is 6.04. The zero-order chi connectivity index (χ0) is 21.6. The zero-order valence-corrected chi connectivity index (χ0v) is 17.2. The van der Waals surface area contributed by atoms with Crippen molar-refractivity contribution in [3.05, 3.63) is 90.5 Å². The fraction of sp³-hybridized carbons (Fsp3) is 0.200. The Morgan fingerprint density at radius 2 is 1.52 bits per heavy atom. The van der Waals surface area contributed by atoms with Crippen molar-refractivity contribution in [3.63, 3.8) is 0 Å². The highest BCUT2D eigenvalue weighted by Gasteiger charge is 2.38. The molecule has 1 aliphatic heterocycles. The highest BCUT2D eigenvalue weighted by atomic mass is 16.6. The van der Waals surface area contributed by atoms with E-state index in [1.54, 1.807) is 21.9 Å². The first kappa shape index (κ1) is 20.5. The molecule has 158 valence electrons. The highest BCUT2D eigenvalue weighted by Crippen LogP contribution is 2.30. The van der Waals surface area contributed by atoms with Crippen molar-refractivity contribution in [3.8, 4) is 0 Å². The molecule has 0 aliphatic carbocycles. The Morgan fingerprint density at radius 3 is 2.19 bits per heavy atom. The Kier molecular flexibility index (Phi) is 6.17. The number of amides is 2. The number of nitrogens with zero attached hydrogens (tertiary/aromatic N) is 2. The first-order chi connectivity index (χ1) is 15.1. The van der Waals surface area contributed by atoms with Crippen LogP contribution in [0.15, 0.2) is 84.9 Å². The number of para-hydroxylation sites is 1. The van der Waals surface area contributed by atoms with Crippen LogP contribution in [0.25, 0.3) is 0 Å². The van der Waals surface area contributed by atoms with Crippen LogP contribution < -0.4 is 10.6 Å². The first-order valence-corrected chi connectivity index (χ1v) is 10.4. The summed E-state index contributed by atoms with van der Waals surface area (Å²) >= 11 is 0. The normalized spacial score (nSPS) is 15.5. The maximum atomic E-state index is 13.7. The number of benzene rings is 3. The molecule has 0 bridgehead atoms. The predicted molar refractivity (Wildman–Crippen MR) is 121 cm³/mol. The van der Waals surface area contributed by atoms with Gasteiger partial charge in [-0.3, -0.25) is 14.6 Å². The molecule has 31 heavy (non-hydrogen) atoms. The smallest absolute Gasteiger partial charge is 0.410 e. The minimum Gasteiger partial charge on any atom is -0.445 e. The van der Waals surface area contributed by atoms with Crippen LogP contribution in [-0.2, 0) is 16.1 Å². The van der Waals surface area contributed by atoms with Gasteiger partial charge in [0.25, 0.3) is 5.91 Å². The third kappa shape index (κ3) is 4.69. The number of rotatable bonds is 5. The van der Waals surface area contributed by atoms with Crippen molar-refractivity contribution in [2.75, 3.05) is 17.2 Å². The minimum absolute atomic E-state index is 0.162. The summed E-state index contributed by atoms with van der Waals surface area (Å²) < 4.78 is 5.50. The Hall–Kier alpha value is -3.80. The van der Waals surface area contributed by atoms with E-state index in [0.29, 0.717) is 24.3 Å². The maximum Gasteiger partial charge on any atom is 0.410 e. The van der Waals surface area contributed by atoms with Crippen LogP contribution in [0.2, 0.25) is 0 Å². The molecule has 0 aromatic heterocycles. The van der Waals surface area contributed by atoms with E-state index in [2.05, 4.69) is 0 Å². The average molecular weight is 415 g/mol. The second-order valence-electron chi connectivity index (χ2n) is 7.49. The van der Waals surface area contributed by atoms with E-state index in [-0.39, 0.29) is 12.5 Å². The molecule has 3 aromatic rings. The monoisotopic (exact) mass is 415 g/mol. The molecule has 1 fully saturated rings. The molecule has 1 atom stereocenters. The van der Waals surface area contributed by atoms with E-state index >= 15 is 0 Å². The third-order valence-electron chi connectivity index (χ3n) is 5.36. The number of likely N-dealkylation sites (tertiary alicyclic amines) is 1. The minimum atomic E-state index is -0.582. The second-order valence-corrected chi connectivity index (χ2v) is 7.49. The van der Waals surface area contributed by atoms with E-state index in [4.69, 9.17) is 10.5 Å². The van der Waals surface area contributed by atoms with Crippen LogP contribution in [0.3, 0.4) is 0 Å². The van der Waals surface area contributed by atoms with Crippen molar-refractivity contribution in [1.82, 2.24) is 4.90 Å². The van der Waals surface area contributed by atoms with Crippen molar-refractivity contribution in [2.24, 2.45) is 0 Å². The van der Waals surface area contributed by atoms with Crippen molar-refractivity contribution >= 4 is 29.1 Å². The van der Waals surface area contributed by atoms with Crippen LogP contribution in [0.1, 0.15) is 18.4 Å². The largest absolute Gasteiger partial charge is 0.445 e. The van der Waals surface area contributed by atoms with Gasteiger partial charge in [-0.05, 0) is 54.8 Å². The molecular weight excluding hydrogens is 390 g/mol. The molecule has 0 saturated carbocycles. The molecule has 3 aromatic carbocycles. The molecule has 0 spiro atoms. The zero-order valence-electron chi connectivity index (χ0n) is 17.2. The van der Waals surface area contributed by atoms with E-state index < -0.39 is 12.1 Å². The summed E-state index contributed by atoms with van der Waals surface area (Å²) in [5.74, 6) is -0.162. The lowest BCUT2D eigenvalue weighted by molar-refractivity contribution is -0.121. The SMILES string of the molecule is Nc1ccc(N(C(=O)C2CCCN2C(=O)OCc2ccccc2)c2ccccc2)cc1. The summed E-state index contributed by atoms with van der Waals surface area (Å²) in [6.45, 7) is 0.672. The van der Waals surface area contributed by atoms with Gasteiger partial charge in [0.15, 0.2) is 0 Å². The quantitative estimate of drug-likeness (QED) is 0.611. The number of ether oxygens (including phenoxy) is 1. The van der Waals surface area contributed by atoms with Gasteiger partial charge in [0.1, 0.15) is 12.6 Å². The van der Waals surface area contributed by atoms with Gasteiger partial charge in [-0.1, -0.05) is 48.5 Å². The number of nitrogen functional groups attached to an aromatic ring is 1. The molecular formula is C25H25N3O3. The summed E-state index contributed by atoms with van der Waals surface area (Å²) in [6, 6.07) is 25.5. The van der Waals surface area contributed by atoms with Gasteiger partial charge in [-0.2, -0.15) is 0 Å². The first-order valence-electron chi connectivity index (χ1n) is 10.4. The van der Waals surface area contributed by atoms with Gasteiger partial charge in [0, 0.05) is 23.6 Å². The van der Waals surface area contributed by atoms with Crippen molar-refractivity contribution in [1.29, 1.82) is 0 Å². The van der Waals surface area contributed by atoms with Crippen LogP contribution in [-0.4, -0.2) is 29.5 Å². The van der Waals surface area contributed by atoms with Crippen LogP contribution in [0.4, 0.5) is 21.9 Å². The van der Waals surface area contributed by atoms with Gasteiger partial charge in [-0.25, -0.2) is 4.79 Å². The predicted octanol–water partition coefficient (Wildman–Crippen LogP) is 4.73. The Labute approximate surface area is 181 Å². The van der Waals surface area contributed by atoms with E-state index in [1.165, 1.54) is 0 Å². The van der Waals surface area contributed by atoms with Crippen LogP contribution >= 0.6 is 0 Å². The number of hydrogen-bond acceptors (Lipinski definition) is 4. The molecule has 0 radical (unpaired) electrons. The van der Waals surface area contributed by atoms with E-state index in [0.717, 1.165) is 17.7 Å². The number of hydrogen-bond donors (Lipinski definition) is 1. The summed E-state index contributed by atoms with van der Waals surface area (Å²) in [6.07, 6.45) is 0.878. The summed E-state index contributed by atoms with van der Waals surface area (Å²) in [7, 11) is 0. The lowest BCUT2D eigenvalue weighted by Gasteiger charge is -2.30. The number of carbonyl (C=O) groups excluding carboxylic acids is 2. The van der Waals surface area contributed by atoms with Crippen LogP contribution in [0.5, 0.6) is 0 Å². The van der Waals surface area contributed by atoms with Gasteiger partial charge >= 0.3 is 6.09 Å². The Bertz CT molecular complexity index is 1020. The second kappa shape index (κ2) is 9.34.